The molecule has 0 unspecified atom stereocenters. The van der Waals surface area contributed by atoms with Crippen molar-refractivity contribution in [2.45, 2.75) is 25.9 Å². The molecular weight excluding hydrogens is 280 g/mol. The quantitative estimate of drug-likeness (QED) is 0.941. The predicted octanol–water partition coefficient (Wildman–Crippen LogP) is 2.23. The number of para-hydroxylation sites is 2. The smallest absolute Gasteiger partial charge is 0.409 e. The largest absolute Gasteiger partial charge is 0.450 e. The van der Waals surface area contributed by atoms with Crippen LogP contribution in [0.15, 0.2) is 24.3 Å². The fraction of sp³-hybridized carbons (Fsp3) is 0.500. The summed E-state index contributed by atoms with van der Waals surface area (Å²) in [6.07, 6.45) is 0.761. The normalized spacial score (nSPS) is 18.3. The second-order valence-electron chi connectivity index (χ2n) is 5.70. The molecule has 0 radical (unpaired) electrons. The van der Waals surface area contributed by atoms with Gasteiger partial charge in [0, 0.05) is 19.1 Å². The Kier molecular flexibility index (Phi) is 4.29. The van der Waals surface area contributed by atoms with Crippen molar-refractivity contribution < 1.29 is 9.53 Å². The molecule has 22 heavy (non-hydrogen) atoms. The third-order valence-corrected chi connectivity index (χ3v) is 4.15. The van der Waals surface area contributed by atoms with E-state index in [1.54, 1.807) is 4.90 Å². The van der Waals surface area contributed by atoms with E-state index in [0.717, 1.165) is 42.9 Å². The van der Waals surface area contributed by atoms with Crippen LogP contribution in [0, 0.1) is 0 Å². The molecular formula is C16H22N4O2. The van der Waals surface area contributed by atoms with E-state index in [4.69, 9.17) is 4.74 Å². The lowest BCUT2D eigenvalue weighted by atomic mass is 10.2. The highest BCUT2D eigenvalue weighted by Crippen LogP contribution is 2.18. The number of aromatic amines is 1. The molecule has 1 N–H and O–H groups in total. The Morgan fingerprint density at radius 3 is 3.09 bits per heavy atom. The van der Waals surface area contributed by atoms with Crippen molar-refractivity contribution in [1.29, 1.82) is 0 Å². The molecule has 3 rings (SSSR count). The van der Waals surface area contributed by atoms with Crippen LogP contribution in [-0.2, 0) is 11.3 Å². The number of hydrogen-bond donors (Lipinski definition) is 1. The molecule has 1 fully saturated rings. The van der Waals surface area contributed by atoms with Gasteiger partial charge in [0.1, 0.15) is 5.82 Å². The van der Waals surface area contributed by atoms with E-state index >= 15 is 0 Å². The van der Waals surface area contributed by atoms with Crippen molar-refractivity contribution in [2.75, 3.05) is 26.7 Å². The van der Waals surface area contributed by atoms with Crippen molar-refractivity contribution in [1.82, 2.24) is 19.8 Å². The molecule has 1 saturated heterocycles. The number of amides is 1. The third kappa shape index (κ3) is 3.06. The number of ether oxygens (including phenoxy) is 1. The van der Waals surface area contributed by atoms with E-state index in [1.807, 2.05) is 31.2 Å². The number of benzene rings is 1. The Morgan fingerprint density at radius 1 is 1.50 bits per heavy atom. The number of carbonyl (C=O) groups excluding carboxylic acids is 1. The van der Waals surface area contributed by atoms with Gasteiger partial charge in [0.15, 0.2) is 0 Å². The number of fused-ring (bicyclic) bond motifs is 1. The van der Waals surface area contributed by atoms with E-state index in [9.17, 15) is 4.79 Å². The number of imidazole rings is 1. The summed E-state index contributed by atoms with van der Waals surface area (Å²) in [5.74, 6) is 0.957. The maximum atomic E-state index is 11.8. The molecule has 1 atom stereocenters. The van der Waals surface area contributed by atoms with E-state index in [1.165, 1.54) is 0 Å². The molecule has 6 nitrogen and oxygen atoms in total. The van der Waals surface area contributed by atoms with Crippen LogP contribution in [0.1, 0.15) is 19.2 Å². The van der Waals surface area contributed by atoms with Crippen molar-refractivity contribution in [3.63, 3.8) is 0 Å². The van der Waals surface area contributed by atoms with Gasteiger partial charge in [-0.2, -0.15) is 0 Å². The van der Waals surface area contributed by atoms with Crippen LogP contribution in [0.5, 0.6) is 0 Å². The van der Waals surface area contributed by atoms with Gasteiger partial charge in [-0.3, -0.25) is 4.90 Å². The van der Waals surface area contributed by atoms with Gasteiger partial charge in [0.25, 0.3) is 0 Å². The zero-order valence-electron chi connectivity index (χ0n) is 13.1. The van der Waals surface area contributed by atoms with Crippen LogP contribution < -0.4 is 0 Å². The molecule has 1 aromatic heterocycles. The minimum absolute atomic E-state index is 0.206. The lowest BCUT2D eigenvalue weighted by Crippen LogP contribution is -2.36. The van der Waals surface area contributed by atoms with Crippen LogP contribution in [0.4, 0.5) is 4.79 Å². The number of nitrogens with one attached hydrogen (secondary N) is 1. The van der Waals surface area contributed by atoms with E-state index in [2.05, 4.69) is 21.9 Å². The van der Waals surface area contributed by atoms with E-state index < -0.39 is 0 Å². The number of likely N-dealkylation sites (tertiary alicyclic amines) is 1. The molecule has 0 saturated carbocycles. The first-order valence-electron chi connectivity index (χ1n) is 7.73. The zero-order chi connectivity index (χ0) is 15.5. The van der Waals surface area contributed by atoms with Gasteiger partial charge in [0.05, 0.1) is 24.2 Å². The molecule has 1 aliphatic heterocycles. The Bertz CT molecular complexity index is 621. The zero-order valence-corrected chi connectivity index (χ0v) is 13.1. The number of likely N-dealkylation sites (N-methyl/N-ethyl adjacent to an activating group) is 1. The van der Waals surface area contributed by atoms with Crippen LogP contribution in [-0.4, -0.2) is 58.6 Å². The second-order valence-corrected chi connectivity index (χ2v) is 5.70. The topological polar surface area (TPSA) is 61.5 Å². The predicted molar refractivity (Wildman–Crippen MR) is 84.6 cm³/mol. The van der Waals surface area contributed by atoms with E-state index in [0.29, 0.717) is 12.6 Å². The number of carbonyl (C=O) groups is 1. The van der Waals surface area contributed by atoms with Gasteiger partial charge in [-0.25, -0.2) is 9.78 Å². The molecule has 1 aromatic carbocycles. The molecule has 0 aliphatic carbocycles. The molecule has 118 valence electrons. The summed E-state index contributed by atoms with van der Waals surface area (Å²) in [6, 6.07) is 8.38. The second kappa shape index (κ2) is 6.36. The third-order valence-electron chi connectivity index (χ3n) is 4.15. The Hall–Kier alpha value is -2.08. The highest BCUT2D eigenvalue weighted by atomic mass is 16.6. The first kappa shape index (κ1) is 14.8. The molecule has 1 amide bonds. The summed E-state index contributed by atoms with van der Waals surface area (Å²) in [5.41, 5.74) is 2.05. The fourth-order valence-corrected chi connectivity index (χ4v) is 2.93. The standard InChI is InChI=1S/C16H22N4O2/c1-3-22-16(21)20-9-8-12(10-20)19(2)11-15-17-13-6-4-5-7-14(13)18-15/h4-7,12H,3,8-11H2,1-2H3,(H,17,18)/t12-/m1/s1. The first-order chi connectivity index (χ1) is 10.7. The minimum atomic E-state index is -0.206. The molecule has 1 aliphatic rings. The summed E-state index contributed by atoms with van der Waals surface area (Å²) in [4.78, 5) is 23.7. The summed E-state index contributed by atoms with van der Waals surface area (Å²) >= 11 is 0. The van der Waals surface area contributed by atoms with Gasteiger partial charge < -0.3 is 14.6 Å². The summed E-state index contributed by atoms with van der Waals surface area (Å²) in [7, 11) is 2.08. The number of nitrogens with zero attached hydrogens (tertiary/aromatic N) is 3. The first-order valence-corrected chi connectivity index (χ1v) is 7.73. The van der Waals surface area contributed by atoms with Crippen molar-refractivity contribution >= 4 is 17.1 Å². The number of rotatable bonds is 4. The fourth-order valence-electron chi connectivity index (χ4n) is 2.93. The Balaban J connectivity index is 1.60. The Labute approximate surface area is 130 Å². The number of H-pyrrole nitrogens is 1. The number of aromatic nitrogens is 2. The average Bonchev–Trinajstić information content (AvgIpc) is 3.13. The maximum Gasteiger partial charge on any atom is 0.409 e. The molecule has 0 bridgehead atoms. The van der Waals surface area contributed by atoms with Crippen LogP contribution >= 0.6 is 0 Å². The Morgan fingerprint density at radius 2 is 2.32 bits per heavy atom. The van der Waals surface area contributed by atoms with Crippen molar-refractivity contribution in [3.8, 4) is 0 Å². The lowest BCUT2D eigenvalue weighted by molar-refractivity contribution is 0.112. The SMILES string of the molecule is CCOC(=O)N1CC[C@@H](N(C)Cc2nc3ccccc3[nH]2)C1. The average molecular weight is 302 g/mol. The minimum Gasteiger partial charge on any atom is -0.450 e. The highest BCUT2D eigenvalue weighted by molar-refractivity contribution is 5.74. The summed E-state index contributed by atoms with van der Waals surface area (Å²) in [5, 5.41) is 0. The van der Waals surface area contributed by atoms with Crippen molar-refractivity contribution in [2.24, 2.45) is 0 Å². The lowest BCUT2D eigenvalue weighted by Gasteiger charge is -2.23. The van der Waals surface area contributed by atoms with Crippen molar-refractivity contribution in [3.05, 3.63) is 30.1 Å². The summed E-state index contributed by atoms with van der Waals surface area (Å²) in [6.45, 7) is 4.48. The number of hydrogen-bond acceptors (Lipinski definition) is 4. The van der Waals surface area contributed by atoms with Gasteiger partial charge in [-0.1, -0.05) is 12.1 Å². The van der Waals surface area contributed by atoms with Crippen LogP contribution in [0.3, 0.4) is 0 Å². The van der Waals surface area contributed by atoms with Crippen LogP contribution in [0.25, 0.3) is 11.0 Å². The summed E-state index contributed by atoms with van der Waals surface area (Å²) < 4.78 is 5.06. The van der Waals surface area contributed by atoms with Gasteiger partial charge in [0.2, 0.25) is 0 Å². The molecule has 0 spiro atoms. The van der Waals surface area contributed by atoms with Gasteiger partial charge >= 0.3 is 6.09 Å². The maximum absolute atomic E-state index is 11.8. The molecule has 6 heteroatoms. The monoisotopic (exact) mass is 302 g/mol. The van der Waals surface area contributed by atoms with Gasteiger partial charge in [-0.15, -0.1) is 0 Å². The molecule has 2 aromatic rings. The molecule has 2 heterocycles. The van der Waals surface area contributed by atoms with Crippen LogP contribution in [0.2, 0.25) is 0 Å². The van der Waals surface area contributed by atoms with E-state index in [-0.39, 0.29) is 6.09 Å². The highest BCUT2D eigenvalue weighted by Gasteiger charge is 2.29. The van der Waals surface area contributed by atoms with Gasteiger partial charge in [-0.05, 0) is 32.5 Å².